The first-order chi connectivity index (χ1) is 19.0. The largest absolute Gasteiger partial charge is 0.444 e. The van der Waals surface area contributed by atoms with E-state index in [-0.39, 0.29) is 30.3 Å². The number of amides is 5. The van der Waals surface area contributed by atoms with Crippen molar-refractivity contribution in [3.63, 3.8) is 0 Å². The number of fused-ring (bicyclic) bond motifs is 2. The van der Waals surface area contributed by atoms with Crippen LogP contribution >= 0.6 is 0 Å². The van der Waals surface area contributed by atoms with Gasteiger partial charge in [-0.05, 0) is 57.3 Å². The van der Waals surface area contributed by atoms with Crippen molar-refractivity contribution < 1.29 is 33.2 Å². The molecule has 41 heavy (non-hydrogen) atoms. The van der Waals surface area contributed by atoms with E-state index >= 15 is 0 Å². The van der Waals surface area contributed by atoms with Gasteiger partial charge in [0.15, 0.2) is 8.32 Å². The molecule has 2 fully saturated rings. The summed E-state index contributed by atoms with van der Waals surface area (Å²) in [7, 11) is -2.26. The molecule has 2 bridgehead atoms. The van der Waals surface area contributed by atoms with Gasteiger partial charge in [-0.1, -0.05) is 51.1 Å². The maximum Gasteiger partial charge on any atom is 0.408 e. The van der Waals surface area contributed by atoms with Gasteiger partial charge in [0, 0.05) is 6.54 Å². The number of piperidine rings is 1. The van der Waals surface area contributed by atoms with E-state index in [0.717, 1.165) is 5.56 Å². The van der Waals surface area contributed by atoms with E-state index in [1.165, 1.54) is 9.96 Å². The van der Waals surface area contributed by atoms with Crippen molar-refractivity contribution in [2.24, 2.45) is 0 Å². The van der Waals surface area contributed by atoms with Gasteiger partial charge in [-0.15, -0.1) is 0 Å². The molecule has 3 atom stereocenters. The molecule has 0 saturated carbocycles. The van der Waals surface area contributed by atoms with Gasteiger partial charge in [0.25, 0.3) is 11.8 Å². The average molecular weight is 592 g/mol. The Morgan fingerprint density at radius 1 is 1.02 bits per heavy atom. The molecule has 1 unspecified atom stereocenters. The Bertz CT molecular complexity index is 1100. The lowest BCUT2D eigenvalue weighted by molar-refractivity contribution is -0.140. The highest BCUT2D eigenvalue weighted by Gasteiger charge is 2.48. The number of hydrazine groups is 1. The zero-order valence-electron chi connectivity index (χ0n) is 25.4. The molecule has 12 nitrogen and oxygen atoms in total. The molecular weight excluding hydrogens is 546 g/mol. The number of urea groups is 1. The summed E-state index contributed by atoms with van der Waals surface area (Å²) < 4.78 is 11.5. The molecule has 2 saturated heterocycles. The van der Waals surface area contributed by atoms with E-state index in [2.05, 4.69) is 36.9 Å². The number of hydrogen-bond donors (Lipinski definition) is 3. The van der Waals surface area contributed by atoms with Crippen LogP contribution in [0.15, 0.2) is 30.3 Å². The summed E-state index contributed by atoms with van der Waals surface area (Å²) in [5.41, 5.74) is 4.99. The number of ether oxygens (including phenoxy) is 1. The third kappa shape index (κ3) is 8.66. The third-order valence-corrected chi connectivity index (χ3v) is 12.1. The van der Waals surface area contributed by atoms with Gasteiger partial charge in [0.1, 0.15) is 24.3 Å². The summed E-state index contributed by atoms with van der Waals surface area (Å²) in [4.78, 5) is 59.0. The molecule has 13 heteroatoms. The van der Waals surface area contributed by atoms with Crippen LogP contribution in [0, 0.1) is 0 Å². The Morgan fingerprint density at radius 2 is 1.68 bits per heavy atom. The number of rotatable bonds is 9. The number of nitrogens with zero attached hydrogens (tertiary/aromatic N) is 2. The second kappa shape index (κ2) is 12.8. The molecule has 1 aromatic rings. The highest BCUT2D eigenvalue weighted by atomic mass is 28.4. The smallest absolute Gasteiger partial charge is 0.408 e. The molecule has 2 heterocycles. The van der Waals surface area contributed by atoms with Crippen molar-refractivity contribution >= 4 is 32.3 Å². The summed E-state index contributed by atoms with van der Waals surface area (Å²) in [5, 5.41) is 3.78. The fourth-order valence-corrected chi connectivity index (χ4v) is 5.24. The highest BCUT2D eigenvalue weighted by molar-refractivity contribution is 6.74. The first-order valence-corrected chi connectivity index (χ1v) is 16.9. The maximum absolute atomic E-state index is 13.1. The van der Waals surface area contributed by atoms with Crippen molar-refractivity contribution in [2.75, 3.05) is 13.2 Å². The molecule has 5 amide bonds. The number of carbonyl (C=O) groups is 4. The van der Waals surface area contributed by atoms with Crippen molar-refractivity contribution in [3.8, 4) is 0 Å². The highest BCUT2D eigenvalue weighted by Crippen LogP contribution is 2.36. The SMILES string of the molecule is CC(C)(C)OC(=O)NC(CO[Si](C)(C)C(C)(C)C)C(=O)NNC(=O)[C@@H]1CC[C@H]2CN1C(=O)N2OCc1ccccc1. The third-order valence-electron chi connectivity index (χ3n) is 7.57. The molecule has 2 aliphatic heterocycles. The molecule has 0 aromatic heterocycles. The average Bonchev–Trinajstić information content (AvgIpc) is 3.11. The van der Waals surface area contributed by atoms with Crippen LogP contribution in [-0.4, -0.2) is 79.1 Å². The molecule has 0 aliphatic carbocycles. The summed E-state index contributed by atoms with van der Waals surface area (Å²) in [5.74, 6) is -1.20. The zero-order valence-corrected chi connectivity index (χ0v) is 26.4. The minimum Gasteiger partial charge on any atom is -0.444 e. The first kappa shape index (κ1) is 32.4. The first-order valence-electron chi connectivity index (χ1n) is 14.0. The quantitative estimate of drug-likeness (QED) is 0.295. The molecule has 2 aliphatic rings. The summed E-state index contributed by atoms with van der Waals surface area (Å²) in [6.07, 6.45) is 0.211. The van der Waals surface area contributed by atoms with Crippen LogP contribution in [0.2, 0.25) is 18.1 Å². The monoisotopic (exact) mass is 591 g/mol. The summed E-state index contributed by atoms with van der Waals surface area (Å²) in [6, 6.07) is 7.09. The van der Waals surface area contributed by atoms with Crippen LogP contribution in [0.3, 0.4) is 0 Å². The number of alkyl carbamates (subject to hydrolysis) is 1. The van der Waals surface area contributed by atoms with E-state index < -0.39 is 43.9 Å². The van der Waals surface area contributed by atoms with Gasteiger partial charge in [-0.3, -0.25) is 25.3 Å². The van der Waals surface area contributed by atoms with Gasteiger partial charge in [0.2, 0.25) is 0 Å². The Morgan fingerprint density at radius 3 is 2.29 bits per heavy atom. The van der Waals surface area contributed by atoms with Crippen LogP contribution in [0.1, 0.15) is 59.9 Å². The Kier molecular flexibility index (Phi) is 10.1. The Hall–Kier alpha value is -3.16. The zero-order chi connectivity index (χ0) is 30.6. The minimum atomic E-state index is -2.26. The fourth-order valence-electron chi connectivity index (χ4n) is 4.22. The Labute approximate surface area is 243 Å². The molecule has 0 spiro atoms. The second-order valence-corrected chi connectivity index (χ2v) is 17.8. The van der Waals surface area contributed by atoms with Crippen molar-refractivity contribution in [2.45, 2.75) is 103 Å². The van der Waals surface area contributed by atoms with Gasteiger partial charge in [-0.2, -0.15) is 5.06 Å². The van der Waals surface area contributed by atoms with Gasteiger partial charge in [-0.25, -0.2) is 9.59 Å². The van der Waals surface area contributed by atoms with E-state index in [4.69, 9.17) is 14.0 Å². The van der Waals surface area contributed by atoms with E-state index in [1.807, 2.05) is 43.4 Å². The summed E-state index contributed by atoms with van der Waals surface area (Å²) >= 11 is 0. The van der Waals surface area contributed by atoms with Crippen LogP contribution in [0.25, 0.3) is 0 Å². The van der Waals surface area contributed by atoms with Gasteiger partial charge in [0.05, 0.1) is 12.6 Å². The molecule has 1 aromatic carbocycles. The lowest BCUT2D eigenvalue weighted by Gasteiger charge is -2.37. The van der Waals surface area contributed by atoms with Gasteiger partial charge < -0.3 is 19.4 Å². The van der Waals surface area contributed by atoms with Crippen LogP contribution in [0.5, 0.6) is 0 Å². The van der Waals surface area contributed by atoms with Crippen LogP contribution < -0.4 is 16.2 Å². The lowest BCUT2D eigenvalue weighted by atomic mass is 10.0. The number of carbonyl (C=O) groups excluding carboxylic acids is 4. The molecule has 228 valence electrons. The molecular formula is C28H45N5O7Si. The topological polar surface area (TPSA) is 139 Å². The van der Waals surface area contributed by atoms with Crippen molar-refractivity contribution in [1.82, 2.24) is 26.1 Å². The number of hydroxylamine groups is 2. The molecule has 0 radical (unpaired) electrons. The van der Waals surface area contributed by atoms with Crippen LogP contribution in [0.4, 0.5) is 9.59 Å². The maximum atomic E-state index is 13.1. The normalized spacial score (nSPS) is 20.0. The number of hydrogen-bond acceptors (Lipinski definition) is 7. The number of benzene rings is 1. The lowest BCUT2D eigenvalue weighted by Crippen LogP contribution is -2.59. The van der Waals surface area contributed by atoms with Crippen LogP contribution in [-0.2, 0) is 30.2 Å². The fraction of sp³-hybridized carbons (Fsp3) is 0.643. The van der Waals surface area contributed by atoms with E-state index in [1.54, 1.807) is 20.8 Å². The standard InChI is InChI=1S/C28H45N5O7Si/c1-27(2,3)40-25(36)29-21(18-39-41(7,8)28(4,5)6)23(34)30-31-24(35)22-15-14-20-16-32(22)26(37)33(20)38-17-19-12-10-9-11-13-19/h9-13,20-22H,14-18H2,1-8H3,(H,29,36)(H,30,34)(H,31,35)/t20-,21?,22-/m0/s1. The second-order valence-electron chi connectivity index (χ2n) is 13.0. The van der Waals surface area contributed by atoms with Crippen molar-refractivity contribution in [1.29, 1.82) is 0 Å². The molecule has 3 N–H and O–H groups in total. The number of nitrogens with one attached hydrogen (secondary N) is 3. The van der Waals surface area contributed by atoms with Gasteiger partial charge >= 0.3 is 12.1 Å². The Balaban J connectivity index is 1.59. The van der Waals surface area contributed by atoms with Crippen molar-refractivity contribution in [3.05, 3.63) is 35.9 Å². The van der Waals surface area contributed by atoms with E-state index in [9.17, 15) is 19.2 Å². The summed E-state index contributed by atoms with van der Waals surface area (Å²) in [6.45, 7) is 15.9. The predicted octanol–water partition coefficient (Wildman–Crippen LogP) is 3.45. The van der Waals surface area contributed by atoms with E-state index in [0.29, 0.717) is 19.4 Å². The minimum absolute atomic E-state index is 0.0964. The molecule has 3 rings (SSSR count). The predicted molar refractivity (Wildman–Crippen MR) is 155 cm³/mol.